The van der Waals surface area contributed by atoms with Gasteiger partial charge in [0.1, 0.15) is 11.8 Å². The van der Waals surface area contributed by atoms with Gasteiger partial charge < -0.3 is 15.4 Å². The molecule has 3 N–H and O–H groups in total. The van der Waals surface area contributed by atoms with Crippen LogP contribution in [0.1, 0.15) is 107 Å². The van der Waals surface area contributed by atoms with Gasteiger partial charge in [0.15, 0.2) is 0 Å². The number of nitrogens with zero attached hydrogens (tertiary/aromatic N) is 3. The Labute approximate surface area is 346 Å². The van der Waals surface area contributed by atoms with Crippen LogP contribution in [0.2, 0.25) is 5.02 Å². The monoisotopic (exact) mass is 820 g/mol. The number of hydrogen-bond acceptors (Lipinski definition) is 10. The van der Waals surface area contributed by atoms with Crippen LogP contribution < -0.4 is 25.6 Å². The summed E-state index contributed by atoms with van der Waals surface area (Å²) in [7, 11) is 1.71. The molecule has 3 aromatic carbocycles. The molecule has 1 saturated heterocycles. The molecule has 1 unspecified atom stereocenters. The van der Waals surface area contributed by atoms with E-state index < -0.39 is 35.2 Å². The molecular weight excluding hydrogens is 776 g/mol. The minimum absolute atomic E-state index is 0.0504. The number of amides is 7. The van der Waals surface area contributed by atoms with Gasteiger partial charge in [-0.25, -0.2) is 4.90 Å². The highest BCUT2D eigenvalue weighted by atomic mass is 35.5. The number of benzene rings is 3. The number of rotatable bonds is 17. The number of nitrogens with one attached hydrogen (secondary N) is 3. The molecule has 59 heavy (non-hydrogen) atoms. The standard InChI is InChI=1S/C44H45ClN6O8/c1-46-44(22-29(23-44)30-11-6-7-13-33(30)45)43(58)50(26-52)35-25-47-24-28-21-27(15-16-31(28)35)39(54)48-19-8-4-2-3-5-9-20-59-36-14-10-12-32-38(36)42(57)51(41(32)56)34-17-18-37(53)49-40(34)55/h6-7,10-16,21,24-26,29,34,46H,2-5,8-9,17-20,22-23H2,1H3,(H,48,54)(H,49,53,55). The summed E-state index contributed by atoms with van der Waals surface area (Å²) in [5.74, 6) is -2.50. The smallest absolute Gasteiger partial charge is 0.266 e. The molecule has 0 bridgehead atoms. The van der Waals surface area contributed by atoms with Crippen LogP contribution >= 0.6 is 11.6 Å². The number of pyridine rings is 1. The van der Waals surface area contributed by atoms with Crippen molar-refractivity contribution in [2.24, 2.45) is 0 Å². The van der Waals surface area contributed by atoms with E-state index in [1.54, 1.807) is 43.6 Å². The van der Waals surface area contributed by atoms with Crippen molar-refractivity contribution in [3.05, 3.63) is 100 Å². The summed E-state index contributed by atoms with van der Waals surface area (Å²) in [5.41, 5.74) is 1.13. The van der Waals surface area contributed by atoms with Crippen LogP contribution in [0.5, 0.6) is 5.75 Å². The number of hydrogen-bond donors (Lipinski definition) is 3. The molecule has 0 spiro atoms. The van der Waals surface area contributed by atoms with Crippen molar-refractivity contribution in [2.75, 3.05) is 25.1 Å². The van der Waals surface area contributed by atoms with Gasteiger partial charge in [-0.1, -0.05) is 67.6 Å². The Kier molecular flexibility index (Phi) is 12.5. The van der Waals surface area contributed by atoms with E-state index in [2.05, 4.69) is 20.9 Å². The molecule has 15 heteroatoms. The third kappa shape index (κ3) is 8.32. The van der Waals surface area contributed by atoms with Crippen LogP contribution in [-0.2, 0) is 19.2 Å². The van der Waals surface area contributed by atoms with E-state index in [9.17, 15) is 33.6 Å². The predicted octanol–water partition coefficient (Wildman–Crippen LogP) is 5.46. The number of fused-ring (bicyclic) bond motifs is 2. The first kappa shape index (κ1) is 41.2. The number of carbonyl (C=O) groups is 7. The number of unbranched alkanes of at least 4 members (excludes halogenated alkanes) is 5. The van der Waals surface area contributed by atoms with Crippen LogP contribution in [0.3, 0.4) is 0 Å². The zero-order chi connectivity index (χ0) is 41.7. The highest BCUT2D eigenvalue weighted by molar-refractivity contribution is 6.31. The first-order valence-corrected chi connectivity index (χ1v) is 20.3. The minimum Gasteiger partial charge on any atom is -0.493 e. The SMILES string of the molecule is CNC1(C(=O)N(C=O)c2cncc3cc(C(=O)NCCCCCCCCOc4cccc5c4C(=O)N(C4CCC(=O)NC4=O)C5=O)ccc23)CC(c2ccccc2Cl)C1. The number of carbonyl (C=O) groups excluding carboxylic acids is 7. The number of piperidine rings is 1. The number of ether oxygens (including phenoxy) is 1. The Morgan fingerprint density at radius 1 is 0.966 bits per heavy atom. The second kappa shape index (κ2) is 17.9. The Morgan fingerprint density at radius 3 is 2.47 bits per heavy atom. The maximum absolute atomic E-state index is 13.9. The van der Waals surface area contributed by atoms with Crippen molar-refractivity contribution in [1.82, 2.24) is 25.8 Å². The molecule has 7 amide bonds. The van der Waals surface area contributed by atoms with Crippen LogP contribution in [0.4, 0.5) is 5.69 Å². The Balaban J connectivity index is 0.836. The molecule has 1 aliphatic carbocycles. The Bertz CT molecular complexity index is 2330. The molecule has 2 fully saturated rings. The normalized spacial score (nSPS) is 19.9. The van der Waals surface area contributed by atoms with Gasteiger partial charge in [0.2, 0.25) is 18.2 Å². The van der Waals surface area contributed by atoms with Gasteiger partial charge in [-0.05, 0) is 81.0 Å². The number of anilines is 1. The van der Waals surface area contributed by atoms with E-state index in [0.29, 0.717) is 65.2 Å². The summed E-state index contributed by atoms with van der Waals surface area (Å²) in [6, 6.07) is 16.4. The molecule has 7 rings (SSSR count). The van der Waals surface area contributed by atoms with E-state index >= 15 is 0 Å². The third-order valence-electron chi connectivity index (χ3n) is 11.6. The molecule has 1 atom stereocenters. The van der Waals surface area contributed by atoms with Crippen LogP contribution in [0.25, 0.3) is 10.8 Å². The second-order valence-electron chi connectivity index (χ2n) is 15.2. The second-order valence-corrected chi connectivity index (χ2v) is 15.6. The minimum atomic E-state index is -1.04. The van der Waals surface area contributed by atoms with E-state index in [1.807, 2.05) is 24.3 Å². The van der Waals surface area contributed by atoms with Crippen molar-refractivity contribution >= 4 is 69.9 Å². The van der Waals surface area contributed by atoms with Crippen molar-refractivity contribution in [2.45, 2.75) is 81.7 Å². The van der Waals surface area contributed by atoms with Crippen molar-refractivity contribution in [3.63, 3.8) is 0 Å². The van der Waals surface area contributed by atoms with E-state index in [1.165, 1.54) is 12.3 Å². The van der Waals surface area contributed by atoms with Crippen LogP contribution in [0, 0.1) is 0 Å². The molecule has 3 aliphatic rings. The summed E-state index contributed by atoms with van der Waals surface area (Å²) >= 11 is 6.42. The largest absolute Gasteiger partial charge is 0.493 e. The highest BCUT2D eigenvalue weighted by Gasteiger charge is 2.52. The Hall–Kier alpha value is -5.99. The van der Waals surface area contributed by atoms with E-state index in [0.717, 1.165) is 53.9 Å². The summed E-state index contributed by atoms with van der Waals surface area (Å²) in [6.45, 7) is 0.842. The van der Waals surface area contributed by atoms with Crippen LogP contribution in [-0.4, -0.2) is 83.5 Å². The first-order chi connectivity index (χ1) is 28.6. The van der Waals surface area contributed by atoms with Gasteiger partial charge in [0.05, 0.1) is 35.2 Å². The number of aromatic nitrogens is 1. The van der Waals surface area contributed by atoms with Gasteiger partial charge in [-0.15, -0.1) is 0 Å². The number of halogens is 1. The lowest BCUT2D eigenvalue weighted by atomic mass is 9.65. The lowest BCUT2D eigenvalue weighted by Crippen LogP contribution is -2.63. The van der Waals surface area contributed by atoms with Crippen LogP contribution in [0.15, 0.2) is 73.1 Å². The van der Waals surface area contributed by atoms with Gasteiger partial charge in [-0.2, -0.15) is 0 Å². The molecule has 1 saturated carbocycles. The summed E-state index contributed by atoms with van der Waals surface area (Å²) < 4.78 is 5.92. The maximum atomic E-state index is 13.9. The zero-order valence-corrected chi connectivity index (χ0v) is 33.4. The molecule has 4 aromatic rings. The molecule has 3 heterocycles. The van der Waals surface area contributed by atoms with Gasteiger partial charge >= 0.3 is 0 Å². The topological polar surface area (TPSA) is 184 Å². The average Bonchev–Trinajstić information content (AvgIpc) is 3.48. The number of imide groups is 3. The molecule has 2 aliphatic heterocycles. The van der Waals surface area contributed by atoms with E-state index in [-0.39, 0.29) is 41.7 Å². The fourth-order valence-electron chi connectivity index (χ4n) is 8.26. The van der Waals surface area contributed by atoms with E-state index in [4.69, 9.17) is 16.3 Å². The molecule has 14 nitrogen and oxygen atoms in total. The molecular formula is C44H45ClN6O8. The molecule has 306 valence electrons. The average molecular weight is 821 g/mol. The fourth-order valence-corrected chi connectivity index (χ4v) is 8.55. The lowest BCUT2D eigenvalue weighted by Gasteiger charge is -2.47. The predicted molar refractivity (Wildman–Crippen MR) is 219 cm³/mol. The third-order valence-corrected chi connectivity index (χ3v) is 11.9. The lowest BCUT2D eigenvalue weighted by molar-refractivity contribution is -0.136. The summed E-state index contributed by atoms with van der Waals surface area (Å²) in [5, 5.41) is 10.2. The first-order valence-electron chi connectivity index (χ1n) is 19.9. The van der Waals surface area contributed by atoms with Gasteiger partial charge in [-0.3, -0.25) is 48.8 Å². The molecule has 0 radical (unpaired) electrons. The van der Waals surface area contributed by atoms with Gasteiger partial charge in [0.25, 0.3) is 23.6 Å². The maximum Gasteiger partial charge on any atom is 0.266 e. The van der Waals surface area contributed by atoms with Crippen molar-refractivity contribution < 1.29 is 38.3 Å². The fraction of sp³-hybridized carbons (Fsp3) is 0.364. The Morgan fingerprint density at radius 2 is 1.73 bits per heavy atom. The highest BCUT2D eigenvalue weighted by Crippen LogP contribution is 2.48. The molecule has 1 aromatic heterocycles. The quantitative estimate of drug-likeness (QED) is 0.0702. The van der Waals surface area contributed by atoms with Gasteiger partial charge in [0, 0.05) is 40.5 Å². The summed E-state index contributed by atoms with van der Waals surface area (Å²) in [6.07, 6.45) is 9.92. The summed E-state index contributed by atoms with van der Waals surface area (Å²) in [4.78, 5) is 95.9. The van der Waals surface area contributed by atoms with Crippen molar-refractivity contribution in [1.29, 1.82) is 0 Å². The number of likely N-dealkylation sites (N-methyl/N-ethyl adjacent to an activating group) is 1. The van der Waals surface area contributed by atoms with Crippen molar-refractivity contribution in [3.8, 4) is 5.75 Å². The zero-order valence-electron chi connectivity index (χ0n) is 32.6.